The lowest BCUT2D eigenvalue weighted by molar-refractivity contribution is -0.140. The highest BCUT2D eigenvalue weighted by Crippen LogP contribution is 2.23. The van der Waals surface area contributed by atoms with Crippen LogP contribution in [0.15, 0.2) is 48.5 Å². The molecular formula is C27H39N3O5S. The number of sulfonamides is 1. The summed E-state index contributed by atoms with van der Waals surface area (Å²) < 4.78 is 31.7. The van der Waals surface area contributed by atoms with Crippen molar-refractivity contribution in [2.24, 2.45) is 0 Å². The molecule has 1 N–H and O–H groups in total. The van der Waals surface area contributed by atoms with E-state index in [4.69, 9.17) is 4.74 Å². The second kappa shape index (κ2) is 13.3. The van der Waals surface area contributed by atoms with Crippen LogP contribution in [-0.4, -0.2) is 56.6 Å². The van der Waals surface area contributed by atoms with Crippen molar-refractivity contribution >= 4 is 27.5 Å². The molecule has 0 aromatic heterocycles. The molecule has 2 aromatic rings. The highest BCUT2D eigenvalue weighted by molar-refractivity contribution is 7.92. The number of benzene rings is 2. The Labute approximate surface area is 215 Å². The monoisotopic (exact) mass is 517 g/mol. The molecule has 0 bridgehead atoms. The van der Waals surface area contributed by atoms with Crippen molar-refractivity contribution in [3.63, 3.8) is 0 Å². The third-order valence-corrected chi connectivity index (χ3v) is 6.98. The van der Waals surface area contributed by atoms with E-state index in [1.165, 1.54) is 4.31 Å². The number of nitrogens with zero attached hydrogens (tertiary/aromatic N) is 2. The average molecular weight is 518 g/mol. The van der Waals surface area contributed by atoms with Crippen molar-refractivity contribution in [1.82, 2.24) is 10.2 Å². The summed E-state index contributed by atoms with van der Waals surface area (Å²) >= 11 is 0. The zero-order valence-electron chi connectivity index (χ0n) is 22.2. The number of rotatable bonds is 13. The zero-order valence-corrected chi connectivity index (χ0v) is 23.0. The van der Waals surface area contributed by atoms with Crippen LogP contribution in [0.3, 0.4) is 0 Å². The fourth-order valence-electron chi connectivity index (χ4n) is 3.84. The number of aryl methyl sites for hydroxylation is 1. The Morgan fingerprint density at radius 1 is 1.03 bits per heavy atom. The Kier molecular flexibility index (Phi) is 10.8. The van der Waals surface area contributed by atoms with Crippen LogP contribution >= 0.6 is 0 Å². The van der Waals surface area contributed by atoms with Crippen LogP contribution in [0, 0.1) is 6.92 Å². The molecule has 1 unspecified atom stereocenters. The maximum Gasteiger partial charge on any atom is 0.242 e. The SMILES string of the molecule is CCOc1ccc(N(CCCC(=O)N(Cc2ccccc2C)C(C)C(=O)NC(C)C)S(C)(=O)=O)cc1. The summed E-state index contributed by atoms with van der Waals surface area (Å²) in [6.07, 6.45) is 1.56. The van der Waals surface area contributed by atoms with E-state index in [0.29, 0.717) is 31.0 Å². The van der Waals surface area contributed by atoms with E-state index in [0.717, 1.165) is 17.4 Å². The van der Waals surface area contributed by atoms with Crippen LogP contribution < -0.4 is 14.4 Å². The number of hydrogen-bond acceptors (Lipinski definition) is 5. The van der Waals surface area contributed by atoms with Gasteiger partial charge in [-0.05, 0) is 76.4 Å². The van der Waals surface area contributed by atoms with Gasteiger partial charge in [-0.3, -0.25) is 13.9 Å². The van der Waals surface area contributed by atoms with Gasteiger partial charge in [0, 0.05) is 25.6 Å². The van der Waals surface area contributed by atoms with Gasteiger partial charge in [0.2, 0.25) is 21.8 Å². The second-order valence-electron chi connectivity index (χ2n) is 9.15. The van der Waals surface area contributed by atoms with E-state index in [9.17, 15) is 18.0 Å². The quantitative estimate of drug-likeness (QED) is 0.435. The molecule has 0 radical (unpaired) electrons. The second-order valence-corrected chi connectivity index (χ2v) is 11.1. The molecule has 1 atom stereocenters. The standard InChI is InChI=1S/C27H39N3O5S/c1-7-35-25-16-14-24(15-17-25)30(36(6,33)34)18-10-13-26(31)29(22(5)27(32)28-20(2)3)19-23-12-9-8-11-21(23)4/h8-9,11-12,14-17,20,22H,7,10,13,18-19H2,1-6H3,(H,28,32). The fraction of sp³-hybridized carbons (Fsp3) is 0.481. The number of carbonyl (C=O) groups is 2. The van der Waals surface area contributed by atoms with Crippen molar-refractivity contribution in [1.29, 1.82) is 0 Å². The molecule has 36 heavy (non-hydrogen) atoms. The van der Waals surface area contributed by atoms with Crippen molar-refractivity contribution in [3.05, 3.63) is 59.7 Å². The molecule has 198 valence electrons. The van der Waals surface area contributed by atoms with Crippen molar-refractivity contribution in [2.45, 2.75) is 66.1 Å². The van der Waals surface area contributed by atoms with Crippen molar-refractivity contribution < 1.29 is 22.7 Å². The number of hydrogen-bond donors (Lipinski definition) is 1. The van der Waals surface area contributed by atoms with Gasteiger partial charge in [-0.25, -0.2) is 8.42 Å². The largest absolute Gasteiger partial charge is 0.494 e. The van der Waals surface area contributed by atoms with Gasteiger partial charge in [0.1, 0.15) is 11.8 Å². The summed E-state index contributed by atoms with van der Waals surface area (Å²) in [5, 5.41) is 2.88. The first-order valence-electron chi connectivity index (χ1n) is 12.3. The van der Waals surface area contributed by atoms with Gasteiger partial charge >= 0.3 is 0 Å². The molecule has 0 aliphatic rings. The molecule has 0 saturated heterocycles. The van der Waals surface area contributed by atoms with Gasteiger partial charge in [-0.15, -0.1) is 0 Å². The summed E-state index contributed by atoms with van der Waals surface area (Å²) in [5.41, 5.74) is 2.50. The van der Waals surface area contributed by atoms with Crippen LogP contribution in [0.1, 0.15) is 51.7 Å². The number of nitrogens with one attached hydrogen (secondary N) is 1. The lowest BCUT2D eigenvalue weighted by Gasteiger charge is -2.30. The third kappa shape index (κ3) is 8.55. The van der Waals surface area contributed by atoms with E-state index in [-0.39, 0.29) is 30.8 Å². The zero-order chi connectivity index (χ0) is 26.9. The number of amides is 2. The minimum absolute atomic E-state index is 0.0483. The molecule has 2 aromatic carbocycles. The van der Waals surface area contributed by atoms with Crippen molar-refractivity contribution in [2.75, 3.05) is 23.7 Å². The lowest BCUT2D eigenvalue weighted by atomic mass is 10.1. The average Bonchev–Trinajstić information content (AvgIpc) is 2.80. The molecule has 0 spiro atoms. The van der Waals surface area contributed by atoms with Crippen LogP contribution in [-0.2, 0) is 26.2 Å². The summed E-state index contributed by atoms with van der Waals surface area (Å²) in [6.45, 7) is 10.3. The van der Waals surface area contributed by atoms with E-state index in [1.54, 1.807) is 36.1 Å². The maximum absolute atomic E-state index is 13.3. The summed E-state index contributed by atoms with van der Waals surface area (Å²) in [6, 6.07) is 13.9. The lowest BCUT2D eigenvalue weighted by Crippen LogP contribution is -2.49. The smallest absolute Gasteiger partial charge is 0.242 e. The van der Waals surface area contributed by atoms with Crippen LogP contribution in [0.25, 0.3) is 0 Å². The molecule has 8 nitrogen and oxygen atoms in total. The Bertz CT molecular complexity index is 1120. The predicted octanol–water partition coefficient (Wildman–Crippen LogP) is 3.88. The van der Waals surface area contributed by atoms with Gasteiger partial charge in [-0.2, -0.15) is 0 Å². The van der Waals surface area contributed by atoms with Gasteiger partial charge in [0.25, 0.3) is 0 Å². The number of ether oxygens (including phenoxy) is 1. The maximum atomic E-state index is 13.3. The summed E-state index contributed by atoms with van der Waals surface area (Å²) in [4.78, 5) is 27.7. The summed E-state index contributed by atoms with van der Waals surface area (Å²) in [7, 11) is -3.56. The first-order valence-corrected chi connectivity index (χ1v) is 14.1. The van der Waals surface area contributed by atoms with E-state index in [1.807, 2.05) is 52.0 Å². The Morgan fingerprint density at radius 2 is 1.67 bits per heavy atom. The minimum Gasteiger partial charge on any atom is -0.494 e. The molecule has 9 heteroatoms. The third-order valence-electron chi connectivity index (χ3n) is 5.79. The van der Waals surface area contributed by atoms with Gasteiger partial charge in [0.15, 0.2) is 0 Å². The highest BCUT2D eigenvalue weighted by Gasteiger charge is 2.27. The van der Waals surface area contributed by atoms with Crippen molar-refractivity contribution in [3.8, 4) is 5.75 Å². The molecule has 0 heterocycles. The normalized spacial score (nSPS) is 12.2. The predicted molar refractivity (Wildman–Crippen MR) is 144 cm³/mol. The van der Waals surface area contributed by atoms with E-state index < -0.39 is 16.1 Å². The van der Waals surface area contributed by atoms with Crippen LogP contribution in [0.5, 0.6) is 5.75 Å². The molecule has 0 aliphatic heterocycles. The molecule has 0 saturated carbocycles. The Hall–Kier alpha value is -3.07. The van der Waals surface area contributed by atoms with Gasteiger partial charge in [-0.1, -0.05) is 24.3 Å². The Morgan fingerprint density at radius 3 is 2.22 bits per heavy atom. The van der Waals surface area contributed by atoms with Gasteiger partial charge in [0.05, 0.1) is 18.6 Å². The molecule has 2 rings (SSSR count). The molecule has 0 fully saturated rings. The minimum atomic E-state index is -3.56. The number of carbonyl (C=O) groups excluding carboxylic acids is 2. The molecule has 2 amide bonds. The highest BCUT2D eigenvalue weighted by atomic mass is 32.2. The number of anilines is 1. The van der Waals surface area contributed by atoms with E-state index in [2.05, 4.69) is 5.32 Å². The van der Waals surface area contributed by atoms with Gasteiger partial charge < -0.3 is 15.0 Å². The first-order chi connectivity index (χ1) is 16.9. The van der Waals surface area contributed by atoms with E-state index >= 15 is 0 Å². The molecular weight excluding hydrogens is 478 g/mol. The summed E-state index contributed by atoms with van der Waals surface area (Å²) in [5.74, 6) is 0.231. The molecule has 0 aliphatic carbocycles. The Balaban J connectivity index is 2.16. The van der Waals surface area contributed by atoms with Crippen LogP contribution in [0.2, 0.25) is 0 Å². The fourth-order valence-corrected chi connectivity index (χ4v) is 4.80. The first kappa shape index (κ1) is 29.2. The van der Waals surface area contributed by atoms with Crippen LogP contribution in [0.4, 0.5) is 5.69 Å². The topological polar surface area (TPSA) is 96.0 Å².